The lowest BCUT2D eigenvalue weighted by Gasteiger charge is -2.20. The van der Waals surface area contributed by atoms with E-state index < -0.39 is 0 Å². The quantitative estimate of drug-likeness (QED) is 0.840. The van der Waals surface area contributed by atoms with Crippen LogP contribution in [0.5, 0.6) is 0 Å². The van der Waals surface area contributed by atoms with E-state index in [1.165, 1.54) is 0 Å². The first kappa shape index (κ1) is 14.5. The Balaban J connectivity index is 2.01. The van der Waals surface area contributed by atoms with Gasteiger partial charge in [0.2, 0.25) is 0 Å². The van der Waals surface area contributed by atoms with Crippen LogP contribution in [0.15, 0.2) is 30.8 Å². The number of benzene rings is 1. The van der Waals surface area contributed by atoms with Crippen molar-refractivity contribution < 1.29 is 9.59 Å². The average molecular weight is 271 g/mol. The molecule has 1 aromatic rings. The zero-order valence-corrected chi connectivity index (χ0v) is 12.4. The molecule has 20 heavy (non-hydrogen) atoms. The molecule has 0 bridgehead atoms. The highest BCUT2D eigenvalue weighted by Crippen LogP contribution is 2.31. The molecule has 1 aliphatic heterocycles. The number of amides is 1. The van der Waals surface area contributed by atoms with Crippen molar-refractivity contribution in [1.29, 1.82) is 0 Å². The van der Waals surface area contributed by atoms with Crippen molar-refractivity contribution in [2.45, 2.75) is 33.6 Å². The van der Waals surface area contributed by atoms with E-state index in [0.29, 0.717) is 30.6 Å². The highest BCUT2D eigenvalue weighted by molar-refractivity contribution is 6.08. The van der Waals surface area contributed by atoms with Crippen LogP contribution in [0.3, 0.4) is 0 Å². The highest BCUT2D eigenvalue weighted by atomic mass is 16.2. The maximum Gasteiger partial charge on any atom is 0.258 e. The molecule has 0 atom stereocenters. The summed E-state index contributed by atoms with van der Waals surface area (Å²) in [5.74, 6) is 0.142. The number of carbonyl (C=O) groups is 2. The molecule has 0 aromatic heterocycles. The lowest BCUT2D eigenvalue weighted by Crippen LogP contribution is -2.26. The Morgan fingerprint density at radius 1 is 1.20 bits per heavy atom. The lowest BCUT2D eigenvalue weighted by atomic mass is 9.89. The molecule has 1 heterocycles. The lowest BCUT2D eigenvalue weighted by molar-refractivity contribution is -0.120. The van der Waals surface area contributed by atoms with Gasteiger partial charge < -0.3 is 4.90 Å². The highest BCUT2D eigenvalue weighted by Gasteiger charge is 2.30. The first-order valence-electron chi connectivity index (χ1n) is 6.91. The van der Waals surface area contributed by atoms with Crippen molar-refractivity contribution >= 4 is 17.4 Å². The molecule has 3 heteroatoms. The number of rotatable bonds is 4. The van der Waals surface area contributed by atoms with Crippen molar-refractivity contribution in [2.75, 3.05) is 6.54 Å². The van der Waals surface area contributed by atoms with E-state index in [2.05, 4.69) is 6.58 Å². The summed E-state index contributed by atoms with van der Waals surface area (Å²) in [6.45, 7) is 10.5. The van der Waals surface area contributed by atoms with Crippen molar-refractivity contribution in [3.05, 3.63) is 42.0 Å². The SMILES string of the molecule is C=C1c2ccccc2C(=O)N1CCC(=O)CC(C)(C)C. The minimum absolute atomic E-state index is 0.00786. The van der Waals surface area contributed by atoms with Crippen LogP contribution in [0.25, 0.3) is 5.70 Å². The topological polar surface area (TPSA) is 37.4 Å². The van der Waals surface area contributed by atoms with Gasteiger partial charge in [0.15, 0.2) is 0 Å². The van der Waals surface area contributed by atoms with Crippen LogP contribution in [0, 0.1) is 5.41 Å². The fourth-order valence-electron chi connectivity index (χ4n) is 2.49. The van der Waals surface area contributed by atoms with Gasteiger partial charge in [-0.2, -0.15) is 0 Å². The number of fused-ring (bicyclic) bond motifs is 1. The molecule has 0 saturated carbocycles. The minimum atomic E-state index is -0.0471. The molecule has 0 spiro atoms. The van der Waals surface area contributed by atoms with Gasteiger partial charge in [0.25, 0.3) is 5.91 Å². The summed E-state index contributed by atoms with van der Waals surface area (Å²) >= 11 is 0. The third-order valence-corrected chi connectivity index (χ3v) is 3.38. The van der Waals surface area contributed by atoms with Crippen LogP contribution in [-0.2, 0) is 4.79 Å². The second-order valence-corrected chi connectivity index (χ2v) is 6.48. The van der Waals surface area contributed by atoms with Crippen molar-refractivity contribution in [3.63, 3.8) is 0 Å². The Morgan fingerprint density at radius 2 is 1.80 bits per heavy atom. The molecule has 2 rings (SSSR count). The van der Waals surface area contributed by atoms with E-state index in [1.54, 1.807) is 11.0 Å². The van der Waals surface area contributed by atoms with Crippen LogP contribution in [0.2, 0.25) is 0 Å². The van der Waals surface area contributed by atoms with Crippen molar-refractivity contribution in [3.8, 4) is 0 Å². The average Bonchev–Trinajstić information content (AvgIpc) is 2.59. The number of Topliss-reactive ketones (excluding diaryl/α,β-unsaturated/α-hetero) is 1. The molecular weight excluding hydrogens is 250 g/mol. The van der Waals surface area contributed by atoms with E-state index >= 15 is 0 Å². The number of carbonyl (C=O) groups excluding carboxylic acids is 2. The summed E-state index contributed by atoms with van der Waals surface area (Å²) < 4.78 is 0. The summed E-state index contributed by atoms with van der Waals surface area (Å²) in [5.41, 5.74) is 2.25. The number of ketones is 1. The number of hydrogen-bond acceptors (Lipinski definition) is 2. The maximum absolute atomic E-state index is 12.3. The van der Waals surface area contributed by atoms with E-state index in [0.717, 1.165) is 5.56 Å². The molecule has 0 saturated heterocycles. The summed E-state index contributed by atoms with van der Waals surface area (Å²) in [6.07, 6.45) is 0.921. The van der Waals surface area contributed by atoms with E-state index in [-0.39, 0.29) is 17.1 Å². The monoisotopic (exact) mass is 271 g/mol. The molecule has 0 aliphatic carbocycles. The van der Waals surface area contributed by atoms with Gasteiger partial charge in [-0.05, 0) is 11.5 Å². The van der Waals surface area contributed by atoms with Crippen LogP contribution in [0.4, 0.5) is 0 Å². The van der Waals surface area contributed by atoms with Gasteiger partial charge in [0.05, 0.1) is 0 Å². The van der Waals surface area contributed by atoms with Gasteiger partial charge in [-0.3, -0.25) is 9.59 Å². The Labute approximate surface area is 120 Å². The summed E-state index contributed by atoms with van der Waals surface area (Å²) in [5, 5.41) is 0. The van der Waals surface area contributed by atoms with Crippen LogP contribution in [-0.4, -0.2) is 23.1 Å². The summed E-state index contributed by atoms with van der Waals surface area (Å²) in [7, 11) is 0. The number of nitrogens with zero attached hydrogens (tertiary/aromatic N) is 1. The second-order valence-electron chi connectivity index (χ2n) is 6.48. The zero-order valence-electron chi connectivity index (χ0n) is 12.4. The molecule has 0 unspecified atom stereocenters. The molecule has 0 radical (unpaired) electrons. The van der Waals surface area contributed by atoms with E-state index in [4.69, 9.17) is 0 Å². The maximum atomic E-state index is 12.3. The van der Waals surface area contributed by atoms with E-state index in [9.17, 15) is 9.59 Å². The molecule has 1 amide bonds. The van der Waals surface area contributed by atoms with Gasteiger partial charge in [0, 0.05) is 36.2 Å². The Kier molecular flexibility index (Phi) is 3.80. The third-order valence-electron chi connectivity index (χ3n) is 3.38. The fraction of sp³-hybridized carbons (Fsp3) is 0.412. The third kappa shape index (κ3) is 2.98. The molecule has 1 aliphatic rings. The Hall–Kier alpha value is -1.90. The predicted molar refractivity (Wildman–Crippen MR) is 80.2 cm³/mol. The summed E-state index contributed by atoms with van der Waals surface area (Å²) in [6, 6.07) is 7.44. The Bertz CT molecular complexity index is 532. The van der Waals surface area contributed by atoms with Gasteiger partial charge in [-0.15, -0.1) is 0 Å². The normalized spacial score (nSPS) is 14.7. The molecule has 3 nitrogen and oxygen atoms in total. The van der Waals surface area contributed by atoms with Gasteiger partial charge in [-0.25, -0.2) is 0 Å². The van der Waals surface area contributed by atoms with Crippen molar-refractivity contribution in [2.24, 2.45) is 5.41 Å². The fourth-order valence-corrected chi connectivity index (χ4v) is 2.49. The van der Waals surface area contributed by atoms with Crippen LogP contribution < -0.4 is 0 Å². The molecular formula is C17H21NO2. The van der Waals surface area contributed by atoms with Gasteiger partial charge in [0.1, 0.15) is 5.78 Å². The van der Waals surface area contributed by atoms with Crippen LogP contribution >= 0.6 is 0 Å². The predicted octanol–water partition coefficient (Wildman–Crippen LogP) is 3.51. The zero-order chi connectivity index (χ0) is 14.9. The standard InChI is InChI=1S/C17H21NO2/c1-12-14-7-5-6-8-15(14)16(20)18(12)10-9-13(19)11-17(2,3)4/h5-8H,1,9-11H2,2-4H3. The first-order valence-corrected chi connectivity index (χ1v) is 6.91. The van der Waals surface area contributed by atoms with Gasteiger partial charge in [-0.1, -0.05) is 45.5 Å². The van der Waals surface area contributed by atoms with Crippen LogP contribution in [0.1, 0.15) is 49.5 Å². The molecule has 106 valence electrons. The first-order chi connectivity index (χ1) is 9.29. The number of hydrogen-bond donors (Lipinski definition) is 0. The second kappa shape index (κ2) is 5.23. The van der Waals surface area contributed by atoms with E-state index in [1.807, 2.05) is 39.0 Å². The van der Waals surface area contributed by atoms with Crippen molar-refractivity contribution in [1.82, 2.24) is 4.90 Å². The molecule has 0 fully saturated rings. The molecule has 0 N–H and O–H groups in total. The smallest absolute Gasteiger partial charge is 0.258 e. The Morgan fingerprint density at radius 3 is 2.35 bits per heavy atom. The molecule has 1 aromatic carbocycles. The largest absolute Gasteiger partial charge is 0.308 e. The minimum Gasteiger partial charge on any atom is -0.308 e. The summed E-state index contributed by atoms with van der Waals surface area (Å²) in [4.78, 5) is 25.8. The van der Waals surface area contributed by atoms with Gasteiger partial charge >= 0.3 is 0 Å².